The predicted molar refractivity (Wildman–Crippen MR) is 162 cm³/mol. The van der Waals surface area contributed by atoms with E-state index >= 15 is 0 Å². The molecule has 3 rings (SSSR count). The summed E-state index contributed by atoms with van der Waals surface area (Å²) in [6.07, 6.45) is -4.15. The van der Waals surface area contributed by atoms with Crippen LogP contribution in [0.3, 0.4) is 0 Å². The molecule has 0 aliphatic rings. The standard InChI is InChI=1S/C29H29Cl3F3N3O4S/c1-3-15-36-28(40)26(4-2)37(17-21-23(30)11-8-12-24(21)31)27(39)18-38(43(41,42)20-9-6-5-7-10-20)19-13-14-25(32)22(16-19)29(33,34)35/h5-14,16,26H,3-4,15,17-18H2,1-2H3,(H,36,40). The fraction of sp³-hybridized carbons (Fsp3) is 0.310. The van der Waals surface area contributed by atoms with Gasteiger partial charge in [0.1, 0.15) is 12.6 Å². The number of benzene rings is 3. The second-order valence-corrected chi connectivity index (χ2v) is 12.5. The largest absolute Gasteiger partial charge is 0.417 e. The lowest BCUT2D eigenvalue weighted by Crippen LogP contribution is -2.52. The quantitative estimate of drug-likeness (QED) is 0.220. The van der Waals surface area contributed by atoms with E-state index in [2.05, 4.69) is 5.32 Å². The monoisotopic (exact) mass is 677 g/mol. The number of sulfonamides is 1. The molecule has 0 saturated carbocycles. The molecule has 0 saturated heterocycles. The van der Waals surface area contributed by atoms with Gasteiger partial charge in [-0.1, -0.05) is 72.9 Å². The molecule has 0 aliphatic heterocycles. The summed E-state index contributed by atoms with van der Waals surface area (Å²) in [5, 5.41) is 2.50. The summed E-state index contributed by atoms with van der Waals surface area (Å²) in [4.78, 5) is 28.1. The number of rotatable bonds is 12. The lowest BCUT2D eigenvalue weighted by molar-refractivity contribution is -0.140. The van der Waals surface area contributed by atoms with Crippen molar-refractivity contribution in [3.05, 3.63) is 92.9 Å². The third kappa shape index (κ3) is 8.35. The van der Waals surface area contributed by atoms with Gasteiger partial charge in [-0.25, -0.2) is 8.42 Å². The Morgan fingerprint density at radius 1 is 0.907 bits per heavy atom. The minimum Gasteiger partial charge on any atom is -0.354 e. The highest BCUT2D eigenvalue weighted by molar-refractivity contribution is 7.92. The van der Waals surface area contributed by atoms with Gasteiger partial charge in [-0.15, -0.1) is 0 Å². The van der Waals surface area contributed by atoms with Crippen LogP contribution in [0.5, 0.6) is 0 Å². The molecule has 14 heteroatoms. The van der Waals surface area contributed by atoms with E-state index in [4.69, 9.17) is 34.8 Å². The smallest absolute Gasteiger partial charge is 0.354 e. The van der Waals surface area contributed by atoms with E-state index in [0.29, 0.717) is 28.9 Å². The first-order chi connectivity index (χ1) is 20.2. The number of amides is 2. The van der Waals surface area contributed by atoms with Crippen LogP contribution in [0, 0.1) is 0 Å². The van der Waals surface area contributed by atoms with Crippen molar-refractivity contribution in [2.75, 3.05) is 17.4 Å². The van der Waals surface area contributed by atoms with E-state index in [1.807, 2.05) is 6.92 Å². The van der Waals surface area contributed by atoms with Crippen molar-refractivity contribution in [2.24, 2.45) is 0 Å². The van der Waals surface area contributed by atoms with Crippen LogP contribution in [0.25, 0.3) is 0 Å². The molecular weight excluding hydrogens is 650 g/mol. The van der Waals surface area contributed by atoms with Gasteiger partial charge in [0.2, 0.25) is 11.8 Å². The van der Waals surface area contributed by atoms with Gasteiger partial charge in [-0.05, 0) is 55.3 Å². The summed E-state index contributed by atoms with van der Waals surface area (Å²) in [7, 11) is -4.59. The topological polar surface area (TPSA) is 86.8 Å². The second-order valence-electron chi connectivity index (χ2n) is 9.42. The third-order valence-electron chi connectivity index (χ3n) is 6.48. The average Bonchev–Trinajstić information content (AvgIpc) is 2.96. The Bertz CT molecular complexity index is 1540. The highest BCUT2D eigenvalue weighted by atomic mass is 35.5. The fourth-order valence-electron chi connectivity index (χ4n) is 4.27. The zero-order chi connectivity index (χ0) is 31.9. The molecule has 0 radical (unpaired) electrons. The normalized spacial score (nSPS) is 12.5. The molecule has 232 valence electrons. The van der Waals surface area contributed by atoms with Crippen LogP contribution in [-0.2, 0) is 32.3 Å². The highest BCUT2D eigenvalue weighted by Crippen LogP contribution is 2.38. The van der Waals surface area contributed by atoms with E-state index in [-0.39, 0.29) is 27.9 Å². The SMILES string of the molecule is CCCNC(=O)C(CC)N(Cc1c(Cl)cccc1Cl)C(=O)CN(c1ccc(Cl)c(C(F)(F)F)c1)S(=O)(=O)c1ccccc1. The summed E-state index contributed by atoms with van der Waals surface area (Å²) in [6.45, 7) is 2.61. The maximum atomic E-state index is 14.1. The lowest BCUT2D eigenvalue weighted by atomic mass is 10.1. The number of hydrogen-bond donors (Lipinski definition) is 1. The predicted octanol–water partition coefficient (Wildman–Crippen LogP) is 7.19. The van der Waals surface area contributed by atoms with Crippen LogP contribution in [-0.4, -0.2) is 44.3 Å². The van der Waals surface area contributed by atoms with E-state index in [9.17, 15) is 31.2 Å². The number of hydrogen-bond acceptors (Lipinski definition) is 4. The molecule has 1 unspecified atom stereocenters. The maximum Gasteiger partial charge on any atom is 0.417 e. The maximum absolute atomic E-state index is 14.1. The molecule has 0 aliphatic carbocycles. The lowest BCUT2D eigenvalue weighted by Gasteiger charge is -2.33. The van der Waals surface area contributed by atoms with Gasteiger partial charge in [0.05, 0.1) is 21.2 Å². The molecule has 0 aromatic heterocycles. The van der Waals surface area contributed by atoms with Gasteiger partial charge in [0.15, 0.2) is 0 Å². The van der Waals surface area contributed by atoms with E-state index in [1.165, 1.54) is 24.3 Å². The van der Waals surface area contributed by atoms with Crippen molar-refractivity contribution in [2.45, 2.75) is 50.3 Å². The van der Waals surface area contributed by atoms with E-state index < -0.39 is 56.9 Å². The first-order valence-corrected chi connectivity index (χ1v) is 15.7. The molecule has 43 heavy (non-hydrogen) atoms. The molecule has 3 aromatic rings. The molecule has 3 aromatic carbocycles. The molecule has 2 amide bonds. The Labute approximate surface area is 263 Å². The number of carbonyl (C=O) groups is 2. The van der Waals surface area contributed by atoms with E-state index in [1.54, 1.807) is 31.2 Å². The number of nitrogens with zero attached hydrogens (tertiary/aromatic N) is 2. The summed E-state index contributed by atoms with van der Waals surface area (Å²) >= 11 is 18.5. The van der Waals surface area contributed by atoms with Gasteiger partial charge < -0.3 is 10.2 Å². The molecule has 0 bridgehead atoms. The number of halogens is 6. The molecule has 7 nitrogen and oxygen atoms in total. The molecule has 1 atom stereocenters. The van der Waals surface area contributed by atoms with Crippen LogP contribution in [0.4, 0.5) is 18.9 Å². The molecular formula is C29H29Cl3F3N3O4S. The Balaban J connectivity index is 2.17. The van der Waals surface area contributed by atoms with Crippen molar-refractivity contribution in [3.8, 4) is 0 Å². The van der Waals surface area contributed by atoms with Crippen LogP contribution in [0.15, 0.2) is 71.6 Å². The first-order valence-electron chi connectivity index (χ1n) is 13.2. The summed E-state index contributed by atoms with van der Waals surface area (Å²) in [6, 6.07) is 13.1. The number of carbonyl (C=O) groups excluding carboxylic acids is 2. The van der Waals surface area contributed by atoms with Crippen LogP contribution >= 0.6 is 34.8 Å². The van der Waals surface area contributed by atoms with Crippen molar-refractivity contribution in [3.63, 3.8) is 0 Å². The van der Waals surface area contributed by atoms with Crippen LogP contribution < -0.4 is 9.62 Å². The van der Waals surface area contributed by atoms with Gasteiger partial charge in [-0.2, -0.15) is 13.2 Å². The number of anilines is 1. The number of alkyl halides is 3. The van der Waals surface area contributed by atoms with Crippen molar-refractivity contribution < 1.29 is 31.2 Å². The van der Waals surface area contributed by atoms with E-state index in [0.717, 1.165) is 17.0 Å². The Kier molecular flexibility index (Phi) is 11.8. The molecule has 0 spiro atoms. The molecule has 0 fully saturated rings. The minimum atomic E-state index is -4.91. The Hall–Kier alpha value is -2.99. The second kappa shape index (κ2) is 14.7. The van der Waals surface area contributed by atoms with Crippen LogP contribution in [0.1, 0.15) is 37.8 Å². The van der Waals surface area contributed by atoms with Gasteiger partial charge in [-0.3, -0.25) is 13.9 Å². The van der Waals surface area contributed by atoms with Crippen molar-refractivity contribution >= 4 is 62.3 Å². The summed E-state index contributed by atoms with van der Waals surface area (Å²) in [5.41, 5.74) is -1.42. The zero-order valence-electron chi connectivity index (χ0n) is 23.2. The van der Waals surface area contributed by atoms with Gasteiger partial charge >= 0.3 is 6.18 Å². The number of nitrogens with one attached hydrogen (secondary N) is 1. The van der Waals surface area contributed by atoms with Crippen LogP contribution in [0.2, 0.25) is 15.1 Å². The average molecular weight is 679 g/mol. The highest BCUT2D eigenvalue weighted by Gasteiger charge is 2.37. The Morgan fingerprint density at radius 3 is 2.09 bits per heavy atom. The minimum absolute atomic E-state index is 0.133. The molecule has 1 N–H and O–H groups in total. The Morgan fingerprint density at radius 2 is 1.53 bits per heavy atom. The van der Waals surface area contributed by atoms with Crippen molar-refractivity contribution in [1.82, 2.24) is 10.2 Å². The molecule has 0 heterocycles. The zero-order valence-corrected chi connectivity index (χ0v) is 26.3. The first kappa shape index (κ1) is 34.5. The fourth-order valence-corrected chi connectivity index (χ4v) is 6.44. The third-order valence-corrected chi connectivity index (χ3v) is 9.30. The summed E-state index contributed by atoms with van der Waals surface area (Å²) < 4.78 is 69.5. The summed E-state index contributed by atoms with van der Waals surface area (Å²) in [5.74, 6) is -1.37. The van der Waals surface area contributed by atoms with Crippen molar-refractivity contribution in [1.29, 1.82) is 0 Å². The van der Waals surface area contributed by atoms with Gasteiger partial charge in [0, 0.05) is 28.7 Å². The van der Waals surface area contributed by atoms with Gasteiger partial charge in [0.25, 0.3) is 10.0 Å².